The van der Waals surface area contributed by atoms with E-state index >= 15 is 0 Å². The van der Waals surface area contributed by atoms with E-state index in [1.54, 1.807) is 0 Å². The van der Waals surface area contributed by atoms with E-state index in [0.29, 0.717) is 0 Å². The molecule has 0 aliphatic rings. The summed E-state index contributed by atoms with van der Waals surface area (Å²) in [6, 6.07) is 7.74. The van der Waals surface area contributed by atoms with Gasteiger partial charge < -0.3 is 4.43 Å². The van der Waals surface area contributed by atoms with Gasteiger partial charge in [0.2, 0.25) is 10.5 Å². The predicted molar refractivity (Wildman–Crippen MR) is 55.1 cm³/mol. The summed E-state index contributed by atoms with van der Waals surface area (Å²) in [7, 11) is 0.772. The molecule has 4 nitrogen and oxygen atoms in total. The van der Waals surface area contributed by atoms with E-state index in [0.717, 1.165) is 21.5 Å². The fourth-order valence-corrected chi connectivity index (χ4v) is 0.788. The molecule has 1 aromatic heterocycles. The monoisotopic (exact) mass is 193 g/mol. The lowest BCUT2D eigenvalue weighted by molar-refractivity contribution is 0.537. The lowest BCUT2D eigenvalue weighted by Crippen LogP contribution is -1.63. The maximum absolute atomic E-state index is 4.44. The van der Waals surface area contributed by atoms with Gasteiger partial charge in [-0.2, -0.15) is 0 Å². The molecule has 0 aliphatic heterocycles. The summed E-state index contributed by atoms with van der Waals surface area (Å²) < 4.78 is 4.44. The van der Waals surface area contributed by atoms with Crippen LogP contribution in [-0.2, 0) is 4.43 Å². The van der Waals surface area contributed by atoms with Crippen molar-refractivity contribution < 1.29 is 4.43 Å². The van der Waals surface area contributed by atoms with E-state index in [9.17, 15) is 0 Å². The second kappa shape index (κ2) is 5.10. The number of para-hydroxylation sites is 1. The predicted octanol–water partition coefficient (Wildman–Crippen LogP) is 0.385. The molecule has 0 bridgehead atoms. The Kier molecular flexibility index (Phi) is 3.71. The molecule has 5 heteroatoms. The maximum Gasteiger partial charge on any atom is 0.203 e. The molecule has 0 fully saturated rings. The maximum atomic E-state index is 4.44. The first kappa shape index (κ1) is 9.46. The number of fused-ring (bicyclic) bond motifs is 1. The van der Waals surface area contributed by atoms with Gasteiger partial charge in [0.05, 0.1) is 11.8 Å². The fourth-order valence-electron chi connectivity index (χ4n) is 0.788. The number of H-pyrrole nitrogens is 1. The minimum atomic E-state index is 0.772. The van der Waals surface area contributed by atoms with Crippen LogP contribution in [0.2, 0.25) is 0 Å². The van der Waals surface area contributed by atoms with Gasteiger partial charge in [-0.25, -0.2) is 0 Å². The zero-order chi connectivity index (χ0) is 9.52. The first-order valence-corrected chi connectivity index (χ1v) is 4.59. The molecule has 0 amide bonds. The minimum absolute atomic E-state index is 0.772. The van der Waals surface area contributed by atoms with Gasteiger partial charge in [0.1, 0.15) is 5.52 Å². The second-order valence-corrected chi connectivity index (χ2v) is 2.70. The van der Waals surface area contributed by atoms with Gasteiger partial charge in [0, 0.05) is 0 Å². The lowest BCUT2D eigenvalue weighted by Gasteiger charge is -1.79. The van der Waals surface area contributed by atoms with Crippen LogP contribution in [0, 0.1) is 0 Å². The van der Waals surface area contributed by atoms with Crippen LogP contribution in [0.5, 0.6) is 0 Å². The average Bonchev–Trinajstić information content (AvgIpc) is 2.66. The molecular weight excluding hydrogens is 182 g/mol. The van der Waals surface area contributed by atoms with Crippen molar-refractivity contribution in [3.63, 3.8) is 0 Å². The molecule has 2 rings (SSSR count). The molecule has 0 atom stereocenters. The quantitative estimate of drug-likeness (QED) is 0.526. The van der Waals surface area contributed by atoms with Crippen molar-refractivity contribution in [1.29, 1.82) is 0 Å². The van der Waals surface area contributed by atoms with Crippen molar-refractivity contribution in [1.82, 2.24) is 15.4 Å². The number of aromatic nitrogens is 3. The van der Waals surface area contributed by atoms with Gasteiger partial charge in [-0.3, -0.25) is 5.10 Å². The molecule has 1 aromatic carbocycles. The third kappa shape index (κ3) is 2.71. The molecule has 0 unspecified atom stereocenters. The van der Waals surface area contributed by atoms with Crippen LogP contribution < -0.4 is 0 Å². The molecule has 0 spiro atoms. The van der Waals surface area contributed by atoms with Crippen LogP contribution >= 0.6 is 0 Å². The summed E-state index contributed by atoms with van der Waals surface area (Å²) in [6.45, 7) is 3.29. The number of rotatable bonds is 1. The van der Waals surface area contributed by atoms with Crippen molar-refractivity contribution >= 4 is 21.5 Å². The molecule has 13 heavy (non-hydrogen) atoms. The Hall–Kier alpha value is -1.62. The van der Waals surface area contributed by atoms with Gasteiger partial charge in [-0.05, 0) is 12.1 Å². The number of benzene rings is 1. The Morgan fingerprint density at radius 1 is 1.46 bits per heavy atom. The summed E-state index contributed by atoms with van der Waals surface area (Å²) in [5.41, 5.74) is 1.90. The lowest BCUT2D eigenvalue weighted by atomic mass is 10.3. The Morgan fingerprint density at radius 3 is 2.77 bits per heavy atom. The van der Waals surface area contributed by atoms with Crippen LogP contribution in [0.25, 0.3) is 11.0 Å². The van der Waals surface area contributed by atoms with Gasteiger partial charge in [0.25, 0.3) is 0 Å². The first-order valence-electron chi connectivity index (χ1n) is 3.78. The highest BCUT2D eigenvalue weighted by Crippen LogP contribution is 2.03. The van der Waals surface area contributed by atoms with E-state index in [2.05, 4.69) is 26.4 Å². The molecular formula is C8H11N3OSi. The topological polar surface area (TPSA) is 50.8 Å². The van der Waals surface area contributed by atoms with Crippen LogP contribution in [-0.4, -0.2) is 25.9 Å². The van der Waals surface area contributed by atoms with Crippen LogP contribution in [0.3, 0.4) is 0 Å². The van der Waals surface area contributed by atoms with Gasteiger partial charge >= 0.3 is 0 Å². The number of hydrogen-bond donors (Lipinski definition) is 1. The molecule has 68 valence electrons. The zero-order valence-corrected chi connectivity index (χ0v) is 9.40. The van der Waals surface area contributed by atoms with Gasteiger partial charge in [0.15, 0.2) is 0 Å². The number of hydrogen-bond acceptors (Lipinski definition) is 3. The van der Waals surface area contributed by atoms with Gasteiger partial charge in [-0.15, -0.1) is 5.10 Å². The number of aromatic amines is 1. The minimum Gasteiger partial charge on any atom is -0.559 e. The smallest absolute Gasteiger partial charge is 0.203 e. The highest BCUT2D eigenvalue weighted by Gasteiger charge is 1.90. The molecule has 2 aromatic rings. The van der Waals surface area contributed by atoms with E-state index in [4.69, 9.17) is 0 Å². The molecule has 1 N–H and O–H groups in total. The Morgan fingerprint density at radius 2 is 2.15 bits per heavy atom. The Labute approximate surface area is 79.2 Å². The summed E-state index contributed by atoms with van der Waals surface area (Å²) in [4.78, 5) is 0. The Bertz CT molecular complexity index is 344. The van der Waals surface area contributed by atoms with Crippen LogP contribution in [0.1, 0.15) is 0 Å². The first-order chi connectivity index (χ1) is 6.38. The second-order valence-electron chi connectivity index (χ2n) is 2.23. The van der Waals surface area contributed by atoms with Crippen LogP contribution in [0.15, 0.2) is 37.1 Å². The van der Waals surface area contributed by atoms with E-state index in [1.807, 2.05) is 24.3 Å². The van der Waals surface area contributed by atoms with E-state index in [1.165, 1.54) is 6.26 Å². The SMILES string of the molecule is C=CO[SiH3].c1ccc2[nH]nnc2c1. The van der Waals surface area contributed by atoms with Crippen molar-refractivity contribution in [3.05, 3.63) is 37.1 Å². The Balaban J connectivity index is 0.000000184. The standard InChI is InChI=1S/C6H5N3.C2H6OSi/c1-2-4-6-5(3-1)7-9-8-6;1-2-3-4/h1-4H,(H,7,8,9);2H,1H2,4H3. The van der Waals surface area contributed by atoms with Crippen molar-refractivity contribution in [2.75, 3.05) is 0 Å². The van der Waals surface area contributed by atoms with Crippen molar-refractivity contribution in [2.24, 2.45) is 0 Å². The third-order valence-corrected chi connectivity index (χ3v) is 1.73. The molecule has 0 aliphatic carbocycles. The summed E-state index contributed by atoms with van der Waals surface area (Å²) in [5, 5.41) is 10.2. The van der Waals surface area contributed by atoms with Crippen LogP contribution in [0.4, 0.5) is 0 Å². The highest BCUT2D eigenvalue weighted by atomic mass is 28.2. The third-order valence-electron chi connectivity index (χ3n) is 1.40. The van der Waals surface area contributed by atoms with Gasteiger partial charge in [-0.1, -0.05) is 23.9 Å². The largest absolute Gasteiger partial charge is 0.559 e. The average molecular weight is 193 g/mol. The summed E-state index contributed by atoms with van der Waals surface area (Å²) in [5.74, 6) is 0. The van der Waals surface area contributed by atoms with Crippen molar-refractivity contribution in [3.8, 4) is 0 Å². The molecule has 0 saturated carbocycles. The fraction of sp³-hybridized carbons (Fsp3) is 0. The number of nitrogens with one attached hydrogen (secondary N) is 1. The normalized spacial score (nSPS) is 8.92. The molecule has 1 heterocycles. The van der Waals surface area contributed by atoms with E-state index < -0.39 is 0 Å². The molecule has 0 saturated heterocycles. The summed E-state index contributed by atoms with van der Waals surface area (Å²) >= 11 is 0. The number of nitrogens with zero attached hydrogens (tertiary/aromatic N) is 2. The zero-order valence-electron chi connectivity index (χ0n) is 7.40. The molecule has 0 radical (unpaired) electrons. The highest BCUT2D eigenvalue weighted by molar-refractivity contribution is 5.98. The van der Waals surface area contributed by atoms with E-state index in [-0.39, 0.29) is 0 Å². The van der Waals surface area contributed by atoms with Crippen molar-refractivity contribution in [2.45, 2.75) is 0 Å². The summed E-state index contributed by atoms with van der Waals surface area (Å²) in [6.07, 6.45) is 1.44.